The average Bonchev–Trinajstić information content (AvgIpc) is 1.94. The quantitative estimate of drug-likeness (QED) is 0.578. The summed E-state index contributed by atoms with van der Waals surface area (Å²) in [4.78, 5) is 0. The van der Waals surface area contributed by atoms with Gasteiger partial charge in [0, 0.05) is 0 Å². The minimum absolute atomic E-state index is 0.619. The Bertz CT molecular complexity index is 135. The molecule has 0 saturated heterocycles. The molecule has 1 fully saturated rings. The van der Waals surface area contributed by atoms with E-state index in [1.54, 1.807) is 0 Å². The standard InChI is InChI=1S/C12H24/c1-5-6-11-8-7-10(2)9-12(11,3)4/h10-11H,5-9H2,1-4H3. The zero-order valence-electron chi connectivity index (χ0n) is 9.19. The Hall–Kier alpha value is 0. The van der Waals surface area contributed by atoms with Gasteiger partial charge < -0.3 is 0 Å². The molecule has 1 rings (SSSR count). The van der Waals surface area contributed by atoms with Gasteiger partial charge in [-0.2, -0.15) is 0 Å². The van der Waals surface area contributed by atoms with Crippen molar-refractivity contribution in [3.63, 3.8) is 0 Å². The van der Waals surface area contributed by atoms with Crippen LogP contribution in [-0.4, -0.2) is 0 Å². The predicted molar refractivity (Wildman–Crippen MR) is 55.2 cm³/mol. The highest BCUT2D eigenvalue weighted by Gasteiger charge is 2.34. The van der Waals surface area contributed by atoms with Crippen molar-refractivity contribution in [2.45, 2.75) is 59.8 Å². The van der Waals surface area contributed by atoms with Crippen molar-refractivity contribution in [2.75, 3.05) is 0 Å². The maximum atomic E-state index is 2.46. The molecule has 0 amide bonds. The fraction of sp³-hybridized carbons (Fsp3) is 1.00. The molecule has 1 aliphatic carbocycles. The third-order valence-electron chi connectivity index (χ3n) is 3.62. The molecule has 72 valence electrons. The topological polar surface area (TPSA) is 0 Å². The van der Waals surface area contributed by atoms with Crippen molar-refractivity contribution in [3.05, 3.63) is 0 Å². The van der Waals surface area contributed by atoms with Crippen molar-refractivity contribution in [1.82, 2.24) is 0 Å². The Morgan fingerprint density at radius 3 is 2.42 bits per heavy atom. The average molecular weight is 168 g/mol. The molecule has 0 aromatic carbocycles. The third kappa shape index (κ3) is 2.24. The van der Waals surface area contributed by atoms with Crippen LogP contribution in [0.2, 0.25) is 0 Å². The first-order valence-electron chi connectivity index (χ1n) is 5.56. The lowest BCUT2D eigenvalue weighted by Gasteiger charge is -2.41. The predicted octanol–water partition coefficient (Wildman–Crippen LogP) is 4.25. The van der Waals surface area contributed by atoms with Gasteiger partial charge in [0.2, 0.25) is 0 Å². The van der Waals surface area contributed by atoms with Gasteiger partial charge in [-0.15, -0.1) is 0 Å². The van der Waals surface area contributed by atoms with Crippen LogP contribution in [0.5, 0.6) is 0 Å². The van der Waals surface area contributed by atoms with Gasteiger partial charge >= 0.3 is 0 Å². The van der Waals surface area contributed by atoms with E-state index in [-0.39, 0.29) is 0 Å². The highest BCUT2D eigenvalue weighted by molar-refractivity contribution is 4.84. The van der Waals surface area contributed by atoms with Crippen molar-refractivity contribution >= 4 is 0 Å². The van der Waals surface area contributed by atoms with Crippen LogP contribution in [0.25, 0.3) is 0 Å². The monoisotopic (exact) mass is 168 g/mol. The van der Waals surface area contributed by atoms with E-state index in [1.807, 2.05) is 0 Å². The molecule has 0 aromatic rings. The highest BCUT2D eigenvalue weighted by Crippen LogP contribution is 2.44. The Morgan fingerprint density at radius 2 is 1.92 bits per heavy atom. The minimum Gasteiger partial charge on any atom is -0.0654 e. The number of hydrogen-bond donors (Lipinski definition) is 0. The summed E-state index contributed by atoms with van der Waals surface area (Å²) in [5, 5.41) is 0. The molecule has 1 aliphatic rings. The fourth-order valence-corrected chi connectivity index (χ4v) is 2.93. The second-order valence-corrected chi connectivity index (χ2v) is 5.36. The van der Waals surface area contributed by atoms with Crippen molar-refractivity contribution in [1.29, 1.82) is 0 Å². The van der Waals surface area contributed by atoms with E-state index in [2.05, 4.69) is 27.7 Å². The summed E-state index contributed by atoms with van der Waals surface area (Å²) in [6.45, 7) is 9.64. The van der Waals surface area contributed by atoms with Gasteiger partial charge in [-0.3, -0.25) is 0 Å². The zero-order chi connectivity index (χ0) is 9.19. The smallest absolute Gasteiger partial charge is 0.0323 e. The molecule has 0 aliphatic heterocycles. The molecule has 0 aromatic heterocycles. The number of rotatable bonds is 2. The van der Waals surface area contributed by atoms with Gasteiger partial charge in [0.1, 0.15) is 0 Å². The summed E-state index contributed by atoms with van der Waals surface area (Å²) in [6, 6.07) is 0. The summed E-state index contributed by atoms with van der Waals surface area (Å²) in [7, 11) is 0. The summed E-state index contributed by atoms with van der Waals surface area (Å²) < 4.78 is 0. The van der Waals surface area contributed by atoms with Crippen LogP contribution in [0.4, 0.5) is 0 Å². The molecule has 12 heavy (non-hydrogen) atoms. The molecule has 1 saturated carbocycles. The lowest BCUT2D eigenvalue weighted by Crippen LogP contribution is -2.31. The second kappa shape index (κ2) is 3.81. The fourth-order valence-electron chi connectivity index (χ4n) is 2.93. The Kier molecular flexibility index (Phi) is 3.20. The molecule has 2 atom stereocenters. The molecule has 0 spiro atoms. The Morgan fingerprint density at radius 1 is 1.25 bits per heavy atom. The normalized spacial score (nSPS) is 35.0. The lowest BCUT2D eigenvalue weighted by atomic mass is 9.64. The van der Waals surface area contributed by atoms with Crippen LogP contribution in [0, 0.1) is 17.3 Å². The minimum atomic E-state index is 0.619. The van der Waals surface area contributed by atoms with E-state index in [1.165, 1.54) is 32.1 Å². The summed E-state index contributed by atoms with van der Waals surface area (Å²) >= 11 is 0. The molecule has 0 N–H and O–H groups in total. The van der Waals surface area contributed by atoms with E-state index >= 15 is 0 Å². The van der Waals surface area contributed by atoms with Crippen LogP contribution in [-0.2, 0) is 0 Å². The maximum Gasteiger partial charge on any atom is -0.0323 e. The van der Waals surface area contributed by atoms with Crippen LogP contribution in [0.3, 0.4) is 0 Å². The zero-order valence-corrected chi connectivity index (χ0v) is 9.19. The van der Waals surface area contributed by atoms with Crippen LogP contribution in [0.1, 0.15) is 59.8 Å². The molecule has 0 bridgehead atoms. The second-order valence-electron chi connectivity index (χ2n) is 5.36. The third-order valence-corrected chi connectivity index (χ3v) is 3.62. The van der Waals surface area contributed by atoms with Crippen LogP contribution in [0.15, 0.2) is 0 Å². The Balaban J connectivity index is 2.51. The van der Waals surface area contributed by atoms with E-state index < -0.39 is 0 Å². The van der Waals surface area contributed by atoms with Gasteiger partial charge in [-0.1, -0.05) is 47.0 Å². The Labute approximate surface area is 77.7 Å². The van der Waals surface area contributed by atoms with Crippen molar-refractivity contribution in [3.8, 4) is 0 Å². The summed E-state index contributed by atoms with van der Waals surface area (Å²) in [5.74, 6) is 1.96. The first-order chi connectivity index (χ1) is 5.56. The lowest BCUT2D eigenvalue weighted by molar-refractivity contribution is 0.0940. The van der Waals surface area contributed by atoms with Gasteiger partial charge in [-0.05, 0) is 30.1 Å². The largest absolute Gasteiger partial charge is 0.0654 e. The van der Waals surface area contributed by atoms with Gasteiger partial charge in [0.15, 0.2) is 0 Å². The first kappa shape index (κ1) is 10.1. The molecule has 0 radical (unpaired) electrons. The summed E-state index contributed by atoms with van der Waals surface area (Å²) in [6.07, 6.45) is 7.19. The van der Waals surface area contributed by atoms with Crippen molar-refractivity contribution < 1.29 is 0 Å². The number of hydrogen-bond acceptors (Lipinski definition) is 0. The van der Waals surface area contributed by atoms with Crippen LogP contribution < -0.4 is 0 Å². The van der Waals surface area contributed by atoms with E-state index in [4.69, 9.17) is 0 Å². The molecule has 0 heterocycles. The molecule has 0 nitrogen and oxygen atoms in total. The van der Waals surface area contributed by atoms with Gasteiger partial charge in [0.25, 0.3) is 0 Å². The molecule has 0 heteroatoms. The molecular weight excluding hydrogens is 144 g/mol. The molecular formula is C12H24. The molecule has 2 unspecified atom stereocenters. The van der Waals surface area contributed by atoms with Crippen molar-refractivity contribution in [2.24, 2.45) is 17.3 Å². The summed E-state index contributed by atoms with van der Waals surface area (Å²) in [5.41, 5.74) is 0.619. The van der Waals surface area contributed by atoms with E-state index in [9.17, 15) is 0 Å². The maximum absolute atomic E-state index is 2.46. The van der Waals surface area contributed by atoms with Crippen LogP contribution >= 0.6 is 0 Å². The first-order valence-corrected chi connectivity index (χ1v) is 5.56. The van der Waals surface area contributed by atoms with Gasteiger partial charge in [0.05, 0.1) is 0 Å². The van der Waals surface area contributed by atoms with E-state index in [0.29, 0.717) is 5.41 Å². The van der Waals surface area contributed by atoms with E-state index in [0.717, 1.165) is 11.8 Å². The SMILES string of the molecule is CCCC1CCC(C)CC1(C)C. The highest BCUT2D eigenvalue weighted by atomic mass is 14.4. The van der Waals surface area contributed by atoms with Gasteiger partial charge in [-0.25, -0.2) is 0 Å².